The van der Waals surface area contributed by atoms with Crippen LogP contribution in [0.4, 0.5) is 0 Å². The van der Waals surface area contributed by atoms with E-state index in [0.29, 0.717) is 19.3 Å². The summed E-state index contributed by atoms with van der Waals surface area (Å²) in [4.78, 5) is 26.3. The summed E-state index contributed by atoms with van der Waals surface area (Å²) in [6.45, 7) is 6.50. The average molecular weight is 969 g/mol. The third-order valence-corrected chi connectivity index (χ3v) is 13.9. The number of ether oxygens (including phenoxy) is 1. The number of esters is 1. The highest BCUT2D eigenvalue weighted by Gasteiger charge is 2.24. The zero-order valence-electron chi connectivity index (χ0n) is 46.2. The van der Waals surface area contributed by atoms with E-state index >= 15 is 0 Å². The second kappa shape index (κ2) is 56.7. The number of amides is 1. The Balaban J connectivity index is 4.59. The van der Waals surface area contributed by atoms with E-state index in [1.165, 1.54) is 193 Å². The van der Waals surface area contributed by atoms with Gasteiger partial charge in [0.1, 0.15) is 6.10 Å². The van der Waals surface area contributed by atoms with Gasteiger partial charge in [-0.3, -0.25) is 9.59 Å². The van der Waals surface area contributed by atoms with Crippen LogP contribution in [-0.4, -0.2) is 46.9 Å². The van der Waals surface area contributed by atoms with Gasteiger partial charge in [-0.05, 0) is 77.0 Å². The van der Waals surface area contributed by atoms with Gasteiger partial charge in [-0.2, -0.15) is 0 Å². The summed E-state index contributed by atoms with van der Waals surface area (Å²) in [6, 6.07) is -0.708. The molecule has 0 fully saturated rings. The number of hydrogen-bond acceptors (Lipinski definition) is 5. The molecule has 0 rings (SSSR count). The first-order valence-corrected chi connectivity index (χ1v) is 30.4. The molecule has 404 valence electrons. The number of rotatable bonds is 55. The molecule has 0 heterocycles. The lowest BCUT2D eigenvalue weighted by Gasteiger charge is -2.24. The van der Waals surface area contributed by atoms with Crippen LogP contribution >= 0.6 is 0 Å². The first-order chi connectivity index (χ1) is 34.0. The molecule has 6 heteroatoms. The van der Waals surface area contributed by atoms with Crippen molar-refractivity contribution in [2.24, 2.45) is 0 Å². The first kappa shape index (κ1) is 66.8. The summed E-state index contributed by atoms with van der Waals surface area (Å²) < 4.78 is 5.97. The van der Waals surface area contributed by atoms with E-state index < -0.39 is 18.2 Å². The van der Waals surface area contributed by atoms with E-state index in [-0.39, 0.29) is 24.9 Å². The van der Waals surface area contributed by atoms with Crippen LogP contribution < -0.4 is 5.32 Å². The lowest BCUT2D eigenvalue weighted by atomic mass is 10.0. The summed E-state index contributed by atoms with van der Waals surface area (Å²) >= 11 is 0. The van der Waals surface area contributed by atoms with Crippen LogP contribution in [-0.2, 0) is 14.3 Å². The number of aliphatic hydroxyl groups excluding tert-OH is 2. The third-order valence-electron chi connectivity index (χ3n) is 13.9. The van der Waals surface area contributed by atoms with Crippen molar-refractivity contribution in [1.29, 1.82) is 0 Å². The van der Waals surface area contributed by atoms with E-state index in [1.807, 2.05) is 0 Å². The molecule has 0 aromatic rings. The van der Waals surface area contributed by atoms with Gasteiger partial charge in [0, 0.05) is 6.42 Å². The van der Waals surface area contributed by atoms with Crippen molar-refractivity contribution in [3.05, 3.63) is 48.6 Å². The summed E-state index contributed by atoms with van der Waals surface area (Å²) in [6.07, 6.45) is 70.3. The fraction of sp³-hybridized carbons (Fsp3) is 0.841. The Morgan fingerprint density at radius 1 is 0.420 bits per heavy atom. The Kier molecular flexibility index (Phi) is 54.9. The second-order valence-electron chi connectivity index (χ2n) is 20.8. The summed E-state index contributed by atoms with van der Waals surface area (Å²) in [5, 5.41) is 23.9. The molecule has 1 amide bonds. The Bertz CT molecular complexity index is 1180. The topological polar surface area (TPSA) is 95.9 Å². The van der Waals surface area contributed by atoms with Crippen LogP contribution in [0.25, 0.3) is 0 Å². The first-order valence-electron chi connectivity index (χ1n) is 30.4. The molecule has 0 saturated carbocycles. The minimum atomic E-state index is -0.794. The third kappa shape index (κ3) is 52.0. The maximum atomic E-state index is 13.3. The number of aliphatic hydroxyl groups is 2. The molecular weight excluding hydrogens is 851 g/mol. The molecule has 0 aromatic carbocycles. The van der Waals surface area contributed by atoms with E-state index in [1.54, 1.807) is 0 Å². The van der Waals surface area contributed by atoms with Crippen molar-refractivity contribution < 1.29 is 24.5 Å². The fourth-order valence-electron chi connectivity index (χ4n) is 9.31. The standard InChI is InChI=1S/C63H117NO5/c1-4-7-10-13-16-19-22-25-28-30-32-35-38-41-44-47-50-53-56-63(68)69-59(54-51-48-45-42-39-36-34-31-29-26-23-20-17-14-11-8-5-2)57-62(67)64-60(58-65)61(66)55-52-49-46-43-40-37-33-27-24-21-18-15-12-9-6-3/h22,25-26,28-30,32,35,59-61,65-66H,4-21,23-24,27,31,33-34,36-58H2,1-3H3,(H,64,67)/b25-22+,29-26+,30-28+,35-32+. The number of carbonyl (C=O) groups excluding carboxylic acids is 2. The van der Waals surface area contributed by atoms with Gasteiger partial charge < -0.3 is 20.3 Å². The van der Waals surface area contributed by atoms with Crippen molar-refractivity contribution in [1.82, 2.24) is 5.32 Å². The highest BCUT2D eigenvalue weighted by atomic mass is 16.5. The van der Waals surface area contributed by atoms with E-state index in [2.05, 4.69) is 74.7 Å². The van der Waals surface area contributed by atoms with Crippen LogP contribution in [0.3, 0.4) is 0 Å². The van der Waals surface area contributed by atoms with Gasteiger partial charge in [0.2, 0.25) is 5.91 Å². The summed E-state index contributed by atoms with van der Waals surface area (Å²) in [5.41, 5.74) is 0. The van der Waals surface area contributed by atoms with Gasteiger partial charge in [0.15, 0.2) is 0 Å². The number of allylic oxidation sites excluding steroid dienone is 8. The number of carbonyl (C=O) groups is 2. The van der Waals surface area contributed by atoms with E-state index in [4.69, 9.17) is 4.74 Å². The second-order valence-corrected chi connectivity index (χ2v) is 20.8. The van der Waals surface area contributed by atoms with Gasteiger partial charge in [-0.15, -0.1) is 0 Å². The van der Waals surface area contributed by atoms with Crippen LogP contribution in [0.15, 0.2) is 48.6 Å². The summed E-state index contributed by atoms with van der Waals surface area (Å²) in [5.74, 6) is -0.487. The predicted octanol–water partition coefficient (Wildman–Crippen LogP) is 19.0. The molecule has 6 nitrogen and oxygen atoms in total. The highest BCUT2D eigenvalue weighted by Crippen LogP contribution is 2.19. The number of hydrogen-bond donors (Lipinski definition) is 3. The van der Waals surface area contributed by atoms with Gasteiger partial charge in [-0.1, -0.05) is 275 Å². The van der Waals surface area contributed by atoms with E-state index in [0.717, 1.165) is 77.0 Å². The van der Waals surface area contributed by atoms with Crippen LogP contribution in [0.2, 0.25) is 0 Å². The highest BCUT2D eigenvalue weighted by molar-refractivity contribution is 5.77. The van der Waals surface area contributed by atoms with Crippen molar-refractivity contribution in [3.63, 3.8) is 0 Å². The molecule has 0 aliphatic rings. The molecule has 0 aliphatic carbocycles. The average Bonchev–Trinajstić information content (AvgIpc) is 3.34. The maximum Gasteiger partial charge on any atom is 0.306 e. The monoisotopic (exact) mass is 968 g/mol. The molecule has 3 atom stereocenters. The van der Waals surface area contributed by atoms with Gasteiger partial charge in [0.05, 0.1) is 25.2 Å². The van der Waals surface area contributed by atoms with Gasteiger partial charge in [0.25, 0.3) is 0 Å². The van der Waals surface area contributed by atoms with Crippen LogP contribution in [0, 0.1) is 0 Å². The Labute approximate surface area is 429 Å². The number of nitrogens with one attached hydrogen (secondary N) is 1. The van der Waals surface area contributed by atoms with E-state index in [9.17, 15) is 19.8 Å². The fourth-order valence-corrected chi connectivity index (χ4v) is 9.31. The molecule has 3 unspecified atom stereocenters. The molecule has 0 spiro atoms. The van der Waals surface area contributed by atoms with Crippen LogP contribution in [0.1, 0.15) is 316 Å². The number of unbranched alkanes of at least 4 members (excludes halogenated alkanes) is 37. The SMILES string of the molecule is CCCCCCC/C=C/C=C/C=C/CCCCCCCC(=O)OC(CCCCCCCCC/C=C/CCCCCCCC)CC(=O)NC(CO)C(O)CCCCCCCCCCCCCCCCC. The zero-order valence-corrected chi connectivity index (χ0v) is 46.2. The van der Waals surface area contributed by atoms with Gasteiger partial charge >= 0.3 is 5.97 Å². The Hall–Kier alpha value is -2.18. The minimum Gasteiger partial charge on any atom is -0.462 e. The molecule has 0 aliphatic heterocycles. The lowest BCUT2D eigenvalue weighted by molar-refractivity contribution is -0.151. The summed E-state index contributed by atoms with van der Waals surface area (Å²) in [7, 11) is 0. The van der Waals surface area contributed by atoms with Crippen molar-refractivity contribution in [2.75, 3.05) is 6.61 Å². The molecule has 0 bridgehead atoms. The molecule has 69 heavy (non-hydrogen) atoms. The Morgan fingerprint density at radius 3 is 1.14 bits per heavy atom. The zero-order chi connectivity index (χ0) is 50.2. The van der Waals surface area contributed by atoms with Crippen LogP contribution in [0.5, 0.6) is 0 Å². The maximum absolute atomic E-state index is 13.3. The van der Waals surface area contributed by atoms with Crippen molar-refractivity contribution in [2.45, 2.75) is 334 Å². The molecule has 0 aromatic heterocycles. The molecule has 3 N–H and O–H groups in total. The molecule has 0 saturated heterocycles. The predicted molar refractivity (Wildman–Crippen MR) is 301 cm³/mol. The van der Waals surface area contributed by atoms with Crippen molar-refractivity contribution >= 4 is 11.9 Å². The molecule has 0 radical (unpaired) electrons. The van der Waals surface area contributed by atoms with Crippen molar-refractivity contribution in [3.8, 4) is 0 Å². The lowest BCUT2D eigenvalue weighted by Crippen LogP contribution is -2.46. The Morgan fingerprint density at radius 2 is 0.754 bits per heavy atom. The minimum absolute atomic E-state index is 0.0679. The molecular formula is C63H117NO5. The largest absolute Gasteiger partial charge is 0.462 e. The van der Waals surface area contributed by atoms with Gasteiger partial charge in [-0.25, -0.2) is 0 Å². The quantitative estimate of drug-likeness (QED) is 0.0244. The normalized spacial score (nSPS) is 13.4. The smallest absolute Gasteiger partial charge is 0.306 e.